The molecule has 0 radical (unpaired) electrons. The van der Waals surface area contributed by atoms with Crippen LogP contribution in [0.15, 0.2) is 10.5 Å². The third kappa shape index (κ3) is 2.86. The van der Waals surface area contributed by atoms with Gasteiger partial charge in [0.1, 0.15) is 5.75 Å². The van der Waals surface area contributed by atoms with Gasteiger partial charge in [-0.3, -0.25) is 4.90 Å². The van der Waals surface area contributed by atoms with Gasteiger partial charge in [0, 0.05) is 42.3 Å². The lowest BCUT2D eigenvalue weighted by Gasteiger charge is -2.44. The van der Waals surface area contributed by atoms with E-state index in [0.717, 1.165) is 41.8 Å². The van der Waals surface area contributed by atoms with E-state index in [1.807, 2.05) is 13.0 Å². The first kappa shape index (κ1) is 15.3. The molecule has 0 bridgehead atoms. The van der Waals surface area contributed by atoms with Crippen LogP contribution in [-0.2, 0) is 0 Å². The van der Waals surface area contributed by atoms with Crippen LogP contribution < -0.4 is 5.32 Å². The predicted molar refractivity (Wildman–Crippen MR) is 89.8 cm³/mol. The minimum absolute atomic E-state index is 0.373. The fourth-order valence-electron chi connectivity index (χ4n) is 3.76. The number of hydrogen-bond acceptors (Lipinski definition) is 3. The summed E-state index contributed by atoms with van der Waals surface area (Å²) in [6.45, 7) is 8.44. The lowest BCUT2D eigenvalue weighted by molar-refractivity contribution is 0.0814. The normalized spacial score (nSPS) is 22.0. The van der Waals surface area contributed by atoms with Gasteiger partial charge in [-0.1, -0.05) is 22.4 Å². The number of piperazine rings is 1. The van der Waals surface area contributed by atoms with E-state index in [0.29, 0.717) is 17.7 Å². The molecule has 1 saturated carbocycles. The molecular weight excluding hydrogens is 328 g/mol. The summed E-state index contributed by atoms with van der Waals surface area (Å²) in [5, 5.41) is 14.0. The van der Waals surface area contributed by atoms with Gasteiger partial charge in [0.25, 0.3) is 0 Å². The number of rotatable bonds is 3. The largest absolute Gasteiger partial charge is 0.508 e. The molecule has 1 heterocycles. The Morgan fingerprint density at radius 1 is 1.29 bits per heavy atom. The first-order valence-corrected chi connectivity index (χ1v) is 8.82. The molecule has 0 aromatic heterocycles. The number of phenols is 1. The molecule has 116 valence electrons. The van der Waals surface area contributed by atoms with Gasteiger partial charge >= 0.3 is 0 Å². The Balaban J connectivity index is 2.01. The molecule has 21 heavy (non-hydrogen) atoms. The van der Waals surface area contributed by atoms with Crippen LogP contribution in [0, 0.1) is 19.8 Å². The van der Waals surface area contributed by atoms with Crippen LogP contribution >= 0.6 is 15.9 Å². The van der Waals surface area contributed by atoms with Gasteiger partial charge in [-0.05, 0) is 49.8 Å². The van der Waals surface area contributed by atoms with Crippen LogP contribution in [-0.4, -0.2) is 36.2 Å². The molecular formula is C17H25BrN2O. The Hall–Kier alpha value is -0.580. The second-order valence-electron chi connectivity index (χ2n) is 6.49. The zero-order valence-corrected chi connectivity index (χ0v) is 14.5. The van der Waals surface area contributed by atoms with Crippen LogP contribution in [0.25, 0.3) is 0 Å². The molecule has 3 rings (SSSR count). The molecule has 2 aliphatic rings. The minimum atomic E-state index is 0.373. The van der Waals surface area contributed by atoms with Gasteiger partial charge in [0.15, 0.2) is 0 Å². The van der Waals surface area contributed by atoms with Crippen molar-refractivity contribution in [3.8, 4) is 5.75 Å². The Morgan fingerprint density at radius 2 is 1.95 bits per heavy atom. The van der Waals surface area contributed by atoms with Crippen molar-refractivity contribution in [1.29, 1.82) is 0 Å². The van der Waals surface area contributed by atoms with Crippen LogP contribution in [0.5, 0.6) is 5.75 Å². The molecule has 1 aromatic rings. The van der Waals surface area contributed by atoms with E-state index in [4.69, 9.17) is 0 Å². The summed E-state index contributed by atoms with van der Waals surface area (Å²) in [7, 11) is 0. The summed E-state index contributed by atoms with van der Waals surface area (Å²) in [5.41, 5.74) is 3.48. The van der Waals surface area contributed by atoms with Crippen molar-refractivity contribution in [2.24, 2.45) is 5.92 Å². The third-order valence-electron chi connectivity index (χ3n) is 5.15. The number of nitrogens with one attached hydrogen (secondary N) is 1. The van der Waals surface area contributed by atoms with Crippen LogP contribution in [0.1, 0.15) is 42.0 Å². The van der Waals surface area contributed by atoms with E-state index < -0.39 is 0 Å². The van der Waals surface area contributed by atoms with Crippen molar-refractivity contribution in [1.82, 2.24) is 10.2 Å². The van der Waals surface area contributed by atoms with Crippen molar-refractivity contribution in [3.63, 3.8) is 0 Å². The monoisotopic (exact) mass is 352 g/mol. The number of aryl methyl sites for hydroxylation is 1. The van der Waals surface area contributed by atoms with Crippen molar-refractivity contribution >= 4 is 15.9 Å². The van der Waals surface area contributed by atoms with E-state index in [-0.39, 0.29) is 0 Å². The van der Waals surface area contributed by atoms with Gasteiger partial charge in [-0.15, -0.1) is 0 Å². The fraction of sp³-hybridized carbons (Fsp3) is 0.647. The molecule has 0 spiro atoms. The average Bonchev–Trinajstić information content (AvgIpc) is 2.43. The summed E-state index contributed by atoms with van der Waals surface area (Å²) in [5.74, 6) is 1.17. The van der Waals surface area contributed by atoms with E-state index >= 15 is 0 Å². The average molecular weight is 353 g/mol. The quantitative estimate of drug-likeness (QED) is 0.873. The van der Waals surface area contributed by atoms with Crippen molar-refractivity contribution in [3.05, 3.63) is 27.2 Å². The first-order valence-electron chi connectivity index (χ1n) is 8.03. The van der Waals surface area contributed by atoms with E-state index in [1.165, 1.54) is 24.8 Å². The molecule has 1 aliphatic heterocycles. The number of hydrogen-bond donors (Lipinski definition) is 2. The number of aromatic hydroxyl groups is 1. The number of phenolic OH excluding ortho intramolecular Hbond substituents is 1. The molecule has 1 aliphatic carbocycles. The standard InChI is InChI=1S/C17H25BrN2O/c1-11-10-14(21)15(12(2)16(11)18)17(13-4-3-5-13)20-8-6-19-7-9-20/h10,13,17,19,21H,3-9H2,1-2H3/t17-/m0/s1. The highest BCUT2D eigenvalue weighted by molar-refractivity contribution is 9.10. The van der Waals surface area contributed by atoms with Gasteiger partial charge in [-0.25, -0.2) is 0 Å². The lowest BCUT2D eigenvalue weighted by Crippen LogP contribution is -2.48. The molecule has 2 N–H and O–H groups in total. The molecule has 3 nitrogen and oxygen atoms in total. The maximum Gasteiger partial charge on any atom is 0.120 e. The zero-order chi connectivity index (χ0) is 15.0. The fourth-order valence-corrected chi connectivity index (χ4v) is 4.09. The van der Waals surface area contributed by atoms with E-state index in [1.54, 1.807) is 0 Å². The van der Waals surface area contributed by atoms with Crippen LogP contribution in [0.2, 0.25) is 0 Å². The number of nitrogens with zero attached hydrogens (tertiary/aromatic N) is 1. The van der Waals surface area contributed by atoms with Crippen molar-refractivity contribution in [2.45, 2.75) is 39.2 Å². The van der Waals surface area contributed by atoms with E-state index in [9.17, 15) is 5.11 Å². The van der Waals surface area contributed by atoms with Gasteiger partial charge in [0.05, 0.1) is 0 Å². The highest BCUT2D eigenvalue weighted by atomic mass is 79.9. The highest BCUT2D eigenvalue weighted by Crippen LogP contribution is 2.47. The maximum atomic E-state index is 10.6. The Labute approximate surface area is 135 Å². The molecule has 0 amide bonds. The molecule has 1 atom stereocenters. The van der Waals surface area contributed by atoms with Crippen molar-refractivity contribution < 1.29 is 5.11 Å². The Bertz CT molecular complexity index is 522. The van der Waals surface area contributed by atoms with Gasteiger partial charge < -0.3 is 10.4 Å². The number of benzene rings is 1. The number of halogens is 1. The molecule has 0 unspecified atom stereocenters. The maximum absolute atomic E-state index is 10.6. The SMILES string of the molecule is Cc1cc(O)c([C@H](C2CCC2)N2CCNCC2)c(C)c1Br. The van der Waals surface area contributed by atoms with Crippen LogP contribution in [0.3, 0.4) is 0 Å². The molecule has 4 heteroatoms. The second kappa shape index (κ2) is 6.27. The predicted octanol–water partition coefficient (Wildman–Crippen LogP) is 3.52. The Morgan fingerprint density at radius 3 is 2.52 bits per heavy atom. The van der Waals surface area contributed by atoms with Gasteiger partial charge in [-0.2, -0.15) is 0 Å². The molecule has 1 saturated heterocycles. The molecule has 1 aromatic carbocycles. The Kier molecular flexibility index (Phi) is 4.57. The summed E-state index contributed by atoms with van der Waals surface area (Å²) >= 11 is 3.70. The van der Waals surface area contributed by atoms with E-state index in [2.05, 4.69) is 33.1 Å². The summed E-state index contributed by atoms with van der Waals surface area (Å²) in [4.78, 5) is 2.57. The zero-order valence-electron chi connectivity index (χ0n) is 13.0. The minimum Gasteiger partial charge on any atom is -0.508 e. The highest BCUT2D eigenvalue weighted by Gasteiger charge is 2.36. The smallest absolute Gasteiger partial charge is 0.120 e. The lowest BCUT2D eigenvalue weighted by atomic mass is 9.75. The van der Waals surface area contributed by atoms with Crippen molar-refractivity contribution in [2.75, 3.05) is 26.2 Å². The third-order valence-corrected chi connectivity index (χ3v) is 6.37. The summed E-state index contributed by atoms with van der Waals surface area (Å²) < 4.78 is 1.15. The topological polar surface area (TPSA) is 35.5 Å². The second-order valence-corrected chi connectivity index (χ2v) is 7.28. The summed E-state index contributed by atoms with van der Waals surface area (Å²) in [6.07, 6.45) is 3.91. The van der Waals surface area contributed by atoms with Crippen LogP contribution in [0.4, 0.5) is 0 Å². The van der Waals surface area contributed by atoms with Gasteiger partial charge in [0.2, 0.25) is 0 Å². The summed E-state index contributed by atoms with van der Waals surface area (Å²) in [6, 6.07) is 2.29. The molecule has 2 fully saturated rings. The first-order chi connectivity index (χ1) is 10.1.